The zero-order chi connectivity index (χ0) is 43.7. The molecule has 61 heavy (non-hydrogen) atoms. The molecule has 2 saturated heterocycles. The molecular weight excluding hydrogens is 792 g/mol. The van der Waals surface area contributed by atoms with Crippen molar-refractivity contribution in [2.75, 3.05) is 44.2 Å². The van der Waals surface area contributed by atoms with Gasteiger partial charge in [-0.15, -0.1) is 20.4 Å². The molecule has 2 amide bonds. The molecule has 0 saturated carbocycles. The van der Waals surface area contributed by atoms with Crippen LogP contribution in [0.25, 0.3) is 44.3 Å². The van der Waals surface area contributed by atoms with Gasteiger partial charge in [0.1, 0.15) is 33.6 Å². The summed E-state index contributed by atoms with van der Waals surface area (Å²) >= 11 is 5.98. The van der Waals surface area contributed by atoms with Crippen molar-refractivity contribution < 1.29 is 19.1 Å². The summed E-state index contributed by atoms with van der Waals surface area (Å²) in [5.41, 5.74) is 4.25. The molecule has 0 unspecified atom stereocenters. The highest BCUT2D eigenvalue weighted by Gasteiger charge is 2.32. The molecule has 2 aromatic carbocycles. The number of hydrogen-bond donors (Lipinski definition) is 1. The fourth-order valence-corrected chi connectivity index (χ4v) is 7.12. The van der Waals surface area contributed by atoms with Gasteiger partial charge in [-0.05, 0) is 79.7 Å². The van der Waals surface area contributed by atoms with Gasteiger partial charge < -0.3 is 29.5 Å². The zero-order valence-electron chi connectivity index (χ0n) is 36.2. The van der Waals surface area contributed by atoms with Crippen LogP contribution in [0.5, 0.6) is 0 Å². The number of nitrogens with zero attached hydrogens (tertiary/aromatic N) is 9. The Kier molecular flexibility index (Phi) is 14.3. The Balaban J connectivity index is 0.000000169. The van der Waals surface area contributed by atoms with Crippen LogP contribution in [0.1, 0.15) is 55.4 Å². The molecule has 4 aromatic heterocycles. The average Bonchev–Trinajstić information content (AvgIpc) is 3.23. The van der Waals surface area contributed by atoms with E-state index in [0.717, 1.165) is 64.3 Å². The van der Waals surface area contributed by atoms with Crippen LogP contribution in [0, 0.1) is 0 Å². The number of aromatic nitrogens is 6. The highest BCUT2D eigenvalue weighted by atomic mass is 35.5. The Bertz CT molecular complexity index is 2410. The Morgan fingerprint density at radius 3 is 1.67 bits per heavy atom. The van der Waals surface area contributed by atoms with Crippen LogP contribution in [0.2, 0.25) is 5.15 Å². The molecule has 0 bridgehead atoms. The van der Waals surface area contributed by atoms with E-state index in [9.17, 15) is 9.59 Å². The second-order valence-corrected chi connectivity index (χ2v) is 17.4. The first-order valence-electron chi connectivity index (χ1n) is 20.5. The number of halogens is 1. The third kappa shape index (κ3) is 11.9. The smallest absolute Gasteiger partial charge is 0.410 e. The molecule has 0 radical (unpaired) electrons. The molecule has 15 heteroatoms. The Morgan fingerprint density at radius 2 is 1.15 bits per heavy atom. The van der Waals surface area contributed by atoms with E-state index in [0.29, 0.717) is 36.3 Å². The maximum atomic E-state index is 12.5. The topological polar surface area (TPSA) is 152 Å². The van der Waals surface area contributed by atoms with E-state index in [1.54, 1.807) is 22.2 Å². The number of pyridine rings is 2. The van der Waals surface area contributed by atoms with Gasteiger partial charge in [-0.25, -0.2) is 9.59 Å². The molecule has 1 N–H and O–H groups in total. The molecule has 2 fully saturated rings. The van der Waals surface area contributed by atoms with Gasteiger partial charge in [0.25, 0.3) is 0 Å². The molecule has 2 aliphatic heterocycles. The first kappa shape index (κ1) is 44.6. The van der Waals surface area contributed by atoms with Gasteiger partial charge in [0.2, 0.25) is 0 Å². The summed E-state index contributed by atoms with van der Waals surface area (Å²) in [6, 6.07) is 28.1. The standard InChI is InChI=1S/C23H27N5O2.C13H8ClN3.C10H20N2O2/c1-16-15-27(22(29)30-23(2,3)4)13-14-28(16)21-20-18(11-8-12-24-20)19(25-26-21)17-9-6-5-7-10-17;14-13-12-10(7-4-8-15-12)11(16-17-13)9-5-2-1-3-6-9;1-8-7-12(6-5-11-8)9(13)14-10(2,3)4/h5-12,16H,13-15H2,1-4H3;1-8H;8,11H,5-7H2,1-4H3/t16-;;8-/m1.1/s1. The predicted molar refractivity (Wildman–Crippen MR) is 240 cm³/mol. The molecule has 320 valence electrons. The summed E-state index contributed by atoms with van der Waals surface area (Å²) in [6.07, 6.45) is 3.00. The minimum absolute atomic E-state index is 0.0633. The fraction of sp³-hybridized carbons (Fsp3) is 0.391. The third-order valence-electron chi connectivity index (χ3n) is 9.68. The lowest BCUT2D eigenvalue weighted by Crippen LogP contribution is -2.55. The summed E-state index contributed by atoms with van der Waals surface area (Å²) in [6.45, 7) is 19.5. The van der Waals surface area contributed by atoms with Crippen LogP contribution in [0.15, 0.2) is 97.3 Å². The summed E-state index contributed by atoms with van der Waals surface area (Å²) in [7, 11) is 0. The Labute approximate surface area is 362 Å². The van der Waals surface area contributed by atoms with Gasteiger partial charge in [-0.2, -0.15) is 0 Å². The number of amides is 2. The molecule has 14 nitrogen and oxygen atoms in total. The van der Waals surface area contributed by atoms with E-state index >= 15 is 0 Å². The monoisotopic (exact) mass is 846 g/mol. The first-order valence-corrected chi connectivity index (χ1v) is 20.9. The number of piperazine rings is 2. The van der Waals surface area contributed by atoms with Crippen molar-refractivity contribution in [2.24, 2.45) is 0 Å². The second-order valence-electron chi connectivity index (χ2n) is 17.0. The number of benzene rings is 2. The second kappa shape index (κ2) is 19.6. The minimum atomic E-state index is -0.504. The number of anilines is 1. The van der Waals surface area contributed by atoms with Crippen molar-refractivity contribution in [1.29, 1.82) is 0 Å². The molecule has 2 aliphatic rings. The lowest BCUT2D eigenvalue weighted by Gasteiger charge is -2.40. The fourth-order valence-electron chi connectivity index (χ4n) is 6.93. The van der Waals surface area contributed by atoms with Crippen molar-refractivity contribution in [3.8, 4) is 22.5 Å². The first-order chi connectivity index (χ1) is 29.1. The van der Waals surface area contributed by atoms with E-state index in [2.05, 4.69) is 54.4 Å². The van der Waals surface area contributed by atoms with Crippen molar-refractivity contribution in [3.05, 3.63) is 102 Å². The molecule has 0 aliphatic carbocycles. The summed E-state index contributed by atoms with van der Waals surface area (Å²) in [5, 5.41) is 22.7. The maximum Gasteiger partial charge on any atom is 0.410 e. The highest BCUT2D eigenvalue weighted by molar-refractivity contribution is 6.34. The zero-order valence-corrected chi connectivity index (χ0v) is 36.9. The molecule has 8 rings (SSSR count). The van der Waals surface area contributed by atoms with Crippen molar-refractivity contribution >= 4 is 51.4 Å². The normalized spacial score (nSPS) is 16.8. The molecule has 2 atom stereocenters. The molecule has 6 heterocycles. The van der Waals surface area contributed by atoms with Crippen molar-refractivity contribution in [1.82, 2.24) is 45.5 Å². The molecular formula is C46H55ClN10O4. The van der Waals surface area contributed by atoms with E-state index in [1.165, 1.54) is 0 Å². The summed E-state index contributed by atoms with van der Waals surface area (Å²) < 4.78 is 10.8. The van der Waals surface area contributed by atoms with Crippen LogP contribution in [0.3, 0.4) is 0 Å². The Morgan fingerprint density at radius 1 is 0.639 bits per heavy atom. The van der Waals surface area contributed by atoms with Crippen LogP contribution >= 0.6 is 11.6 Å². The highest BCUT2D eigenvalue weighted by Crippen LogP contribution is 2.32. The van der Waals surface area contributed by atoms with Crippen LogP contribution in [-0.2, 0) is 9.47 Å². The number of carbonyl (C=O) groups is 2. The van der Waals surface area contributed by atoms with Crippen LogP contribution in [0.4, 0.5) is 15.4 Å². The number of nitrogens with one attached hydrogen (secondary N) is 1. The van der Waals surface area contributed by atoms with Crippen LogP contribution < -0.4 is 10.2 Å². The van der Waals surface area contributed by atoms with Gasteiger partial charge in [-0.1, -0.05) is 72.3 Å². The largest absolute Gasteiger partial charge is 0.444 e. The van der Waals surface area contributed by atoms with Gasteiger partial charge in [-0.3, -0.25) is 9.97 Å². The lowest BCUT2D eigenvalue weighted by molar-refractivity contribution is 0.0197. The molecule has 0 spiro atoms. The predicted octanol–water partition coefficient (Wildman–Crippen LogP) is 8.70. The van der Waals surface area contributed by atoms with Gasteiger partial charge in [0.05, 0.1) is 0 Å². The summed E-state index contributed by atoms with van der Waals surface area (Å²) in [4.78, 5) is 38.7. The quantitative estimate of drug-likeness (QED) is 0.181. The van der Waals surface area contributed by atoms with Crippen molar-refractivity contribution in [2.45, 2.75) is 78.7 Å². The maximum absolute atomic E-state index is 12.5. The lowest BCUT2D eigenvalue weighted by atomic mass is 10.1. The van der Waals surface area contributed by atoms with E-state index in [1.807, 2.05) is 126 Å². The molecule has 6 aromatic rings. The minimum Gasteiger partial charge on any atom is -0.444 e. The third-order valence-corrected chi connectivity index (χ3v) is 9.94. The van der Waals surface area contributed by atoms with Gasteiger partial charge >= 0.3 is 12.2 Å². The number of ether oxygens (including phenoxy) is 2. The number of fused-ring (bicyclic) bond motifs is 2. The van der Waals surface area contributed by atoms with E-state index < -0.39 is 11.2 Å². The summed E-state index contributed by atoms with van der Waals surface area (Å²) in [5.74, 6) is 0.751. The van der Waals surface area contributed by atoms with Gasteiger partial charge in [0.15, 0.2) is 11.0 Å². The van der Waals surface area contributed by atoms with Crippen molar-refractivity contribution in [3.63, 3.8) is 0 Å². The number of hydrogen-bond acceptors (Lipinski definition) is 12. The van der Waals surface area contributed by atoms with E-state index in [4.69, 9.17) is 21.1 Å². The van der Waals surface area contributed by atoms with Gasteiger partial charge in [0, 0.05) is 85.6 Å². The number of carbonyl (C=O) groups excluding carboxylic acids is 2. The van der Waals surface area contributed by atoms with E-state index in [-0.39, 0.29) is 18.2 Å². The van der Waals surface area contributed by atoms with Crippen LogP contribution in [-0.4, -0.2) is 115 Å². The number of rotatable bonds is 3. The Hall–Kier alpha value is -5.99. The average molecular weight is 847 g/mol. The SMILES string of the molecule is C[C@@H]1CN(C(=O)OC(C)(C)C)CCN1.C[C@@H]1CN(C(=O)OC(C)(C)C)CCN1c1nnc(-c2ccccc2)c2cccnc12.Clc1nnc(-c2ccccc2)c2cccnc12.